The van der Waals surface area contributed by atoms with Gasteiger partial charge >= 0.3 is 12.1 Å². The molecule has 1 unspecified atom stereocenters. The molecule has 19 heavy (non-hydrogen) atoms. The van der Waals surface area contributed by atoms with E-state index in [1.165, 1.54) is 0 Å². The summed E-state index contributed by atoms with van der Waals surface area (Å²) in [6.45, 7) is 0.991. The molecule has 1 aliphatic heterocycles. The molecule has 1 rings (SSSR count). The average Bonchev–Trinajstić information content (AvgIpc) is 2.33. The molecule has 7 heteroatoms. The van der Waals surface area contributed by atoms with Gasteiger partial charge in [0.05, 0.1) is 0 Å². The summed E-state index contributed by atoms with van der Waals surface area (Å²) >= 11 is 0. The van der Waals surface area contributed by atoms with Crippen molar-refractivity contribution in [1.29, 1.82) is 0 Å². The maximum Gasteiger partial charge on any atom is 0.453 e. The van der Waals surface area contributed by atoms with Gasteiger partial charge in [-0.3, -0.25) is 0 Å². The highest BCUT2D eigenvalue weighted by molar-refractivity contribution is 4.75. The summed E-state index contributed by atoms with van der Waals surface area (Å²) in [6.07, 6.45) is -3.41. The van der Waals surface area contributed by atoms with Crippen LogP contribution in [0.25, 0.3) is 0 Å². The highest BCUT2D eigenvalue weighted by Crippen LogP contribution is 2.39. The summed E-state index contributed by atoms with van der Waals surface area (Å²) in [7, 11) is 0. The lowest BCUT2D eigenvalue weighted by molar-refractivity contribution is -0.284. The Morgan fingerprint density at radius 3 is 2.32 bits per heavy atom. The Kier molecular flexibility index (Phi) is 6.46. The zero-order valence-electron chi connectivity index (χ0n) is 10.6. The molecule has 0 radical (unpaired) electrons. The summed E-state index contributed by atoms with van der Waals surface area (Å²) in [4.78, 5) is 0. The molecule has 1 saturated heterocycles. The fourth-order valence-electron chi connectivity index (χ4n) is 1.82. The maximum absolute atomic E-state index is 12.6. The van der Waals surface area contributed by atoms with E-state index >= 15 is 0 Å². The zero-order chi connectivity index (χ0) is 14.4. The summed E-state index contributed by atoms with van der Waals surface area (Å²) < 4.78 is 71.3. The van der Waals surface area contributed by atoms with Crippen LogP contribution in [0.15, 0.2) is 0 Å². The van der Waals surface area contributed by atoms with Crippen molar-refractivity contribution in [3.8, 4) is 0 Å². The van der Waals surface area contributed by atoms with E-state index in [2.05, 4.69) is 0 Å². The van der Waals surface area contributed by atoms with Crippen molar-refractivity contribution in [2.45, 2.75) is 63.3 Å². The minimum absolute atomic E-state index is 0.165. The fourth-order valence-corrected chi connectivity index (χ4v) is 1.82. The van der Waals surface area contributed by atoms with Gasteiger partial charge in [-0.2, -0.15) is 22.0 Å². The van der Waals surface area contributed by atoms with Crippen LogP contribution in [-0.2, 0) is 9.47 Å². The molecule has 2 nitrogen and oxygen atoms in total. The van der Waals surface area contributed by atoms with Gasteiger partial charge in [0, 0.05) is 19.6 Å². The second kappa shape index (κ2) is 7.38. The molecule has 0 spiro atoms. The summed E-state index contributed by atoms with van der Waals surface area (Å²) in [5.41, 5.74) is 0. The van der Waals surface area contributed by atoms with Crippen molar-refractivity contribution >= 4 is 0 Å². The second-order valence-electron chi connectivity index (χ2n) is 4.68. The Morgan fingerprint density at radius 1 is 1.00 bits per heavy atom. The van der Waals surface area contributed by atoms with E-state index < -0.39 is 18.5 Å². The van der Waals surface area contributed by atoms with Gasteiger partial charge in [-0.25, -0.2) is 0 Å². The lowest BCUT2D eigenvalue weighted by atomic mass is 10.1. The minimum Gasteiger partial charge on any atom is -0.353 e. The van der Waals surface area contributed by atoms with Gasteiger partial charge in [0.1, 0.15) is 0 Å². The minimum atomic E-state index is -5.45. The van der Waals surface area contributed by atoms with E-state index in [-0.39, 0.29) is 12.7 Å². The number of alkyl halides is 5. The van der Waals surface area contributed by atoms with E-state index in [9.17, 15) is 22.0 Å². The van der Waals surface area contributed by atoms with Crippen molar-refractivity contribution in [3.05, 3.63) is 0 Å². The normalized spacial score (nSPS) is 21.6. The molecule has 1 heterocycles. The standard InChI is InChI=1S/C12H19F5O2/c13-11(14,12(15,16)17)7-3-1-4-8-18-10-6-2-5-9-19-10/h10H,1-9H2. The predicted molar refractivity (Wildman–Crippen MR) is 59.0 cm³/mol. The van der Waals surface area contributed by atoms with Crippen molar-refractivity contribution in [2.24, 2.45) is 0 Å². The molecule has 0 aromatic carbocycles. The Labute approximate surface area is 109 Å². The topological polar surface area (TPSA) is 18.5 Å². The third kappa shape index (κ3) is 6.03. The Morgan fingerprint density at radius 2 is 1.74 bits per heavy atom. The van der Waals surface area contributed by atoms with Gasteiger partial charge in [0.15, 0.2) is 6.29 Å². The highest BCUT2D eigenvalue weighted by Gasteiger charge is 2.56. The van der Waals surface area contributed by atoms with Gasteiger partial charge in [-0.05, 0) is 32.1 Å². The van der Waals surface area contributed by atoms with E-state index in [4.69, 9.17) is 9.47 Å². The Bertz CT molecular complexity index is 249. The number of unbranched alkanes of at least 4 members (excludes halogenated alkanes) is 2. The van der Waals surface area contributed by atoms with E-state index in [0.717, 1.165) is 19.3 Å². The monoisotopic (exact) mass is 290 g/mol. The Hall–Kier alpha value is -0.430. The molecule has 1 atom stereocenters. The first-order valence-electron chi connectivity index (χ1n) is 6.51. The van der Waals surface area contributed by atoms with Crippen LogP contribution in [0, 0.1) is 0 Å². The molecule has 0 amide bonds. The summed E-state index contributed by atoms with van der Waals surface area (Å²) in [5, 5.41) is 0. The molecule has 0 aromatic heterocycles. The smallest absolute Gasteiger partial charge is 0.353 e. The van der Waals surface area contributed by atoms with E-state index in [0.29, 0.717) is 26.1 Å². The zero-order valence-corrected chi connectivity index (χ0v) is 10.6. The number of hydrogen-bond acceptors (Lipinski definition) is 2. The maximum atomic E-state index is 12.6. The molecule has 0 aromatic rings. The molecule has 1 fully saturated rings. The van der Waals surface area contributed by atoms with Crippen molar-refractivity contribution < 1.29 is 31.4 Å². The number of ether oxygens (including phenoxy) is 2. The van der Waals surface area contributed by atoms with Gasteiger partial charge in [-0.15, -0.1) is 0 Å². The van der Waals surface area contributed by atoms with Crippen molar-refractivity contribution in [3.63, 3.8) is 0 Å². The van der Waals surface area contributed by atoms with Crippen molar-refractivity contribution in [2.75, 3.05) is 13.2 Å². The molecular weight excluding hydrogens is 271 g/mol. The number of rotatable bonds is 7. The number of halogens is 5. The molecule has 0 N–H and O–H groups in total. The SMILES string of the molecule is FC(F)(F)C(F)(F)CCCCCOC1CCCCO1. The predicted octanol–water partition coefficient (Wildman–Crippen LogP) is 4.29. The molecule has 114 valence electrons. The summed E-state index contributed by atoms with van der Waals surface area (Å²) in [6, 6.07) is 0. The average molecular weight is 290 g/mol. The quantitative estimate of drug-likeness (QED) is 0.514. The molecule has 0 aliphatic carbocycles. The van der Waals surface area contributed by atoms with Gasteiger partial charge in [-0.1, -0.05) is 6.42 Å². The Balaban J connectivity index is 2.02. The third-order valence-electron chi connectivity index (χ3n) is 2.99. The van der Waals surface area contributed by atoms with Crippen LogP contribution in [-0.4, -0.2) is 31.6 Å². The molecule has 1 aliphatic rings. The lowest BCUT2D eigenvalue weighted by Gasteiger charge is -2.22. The van der Waals surface area contributed by atoms with Gasteiger partial charge in [0.2, 0.25) is 0 Å². The number of hydrogen-bond donors (Lipinski definition) is 0. The van der Waals surface area contributed by atoms with Crippen molar-refractivity contribution in [1.82, 2.24) is 0 Å². The second-order valence-corrected chi connectivity index (χ2v) is 4.68. The van der Waals surface area contributed by atoms with Crippen LogP contribution in [0.3, 0.4) is 0 Å². The molecule has 0 bridgehead atoms. The lowest BCUT2D eigenvalue weighted by Crippen LogP contribution is -2.36. The van der Waals surface area contributed by atoms with Crippen LogP contribution in [0.4, 0.5) is 22.0 Å². The molecular formula is C12H19F5O2. The van der Waals surface area contributed by atoms with Gasteiger partial charge in [0.25, 0.3) is 0 Å². The van der Waals surface area contributed by atoms with E-state index in [1.54, 1.807) is 0 Å². The van der Waals surface area contributed by atoms with Crippen LogP contribution in [0.2, 0.25) is 0 Å². The first kappa shape index (κ1) is 16.6. The van der Waals surface area contributed by atoms with Crippen LogP contribution < -0.4 is 0 Å². The first-order chi connectivity index (χ1) is 8.83. The largest absolute Gasteiger partial charge is 0.453 e. The van der Waals surface area contributed by atoms with Crippen LogP contribution in [0.5, 0.6) is 0 Å². The van der Waals surface area contributed by atoms with Gasteiger partial charge < -0.3 is 9.47 Å². The summed E-state index contributed by atoms with van der Waals surface area (Å²) in [5.74, 6) is -4.58. The fraction of sp³-hybridized carbons (Fsp3) is 1.00. The third-order valence-corrected chi connectivity index (χ3v) is 2.99. The first-order valence-corrected chi connectivity index (χ1v) is 6.51. The van der Waals surface area contributed by atoms with Crippen LogP contribution in [0.1, 0.15) is 44.9 Å². The van der Waals surface area contributed by atoms with Crippen LogP contribution >= 0.6 is 0 Å². The van der Waals surface area contributed by atoms with E-state index in [1.807, 2.05) is 0 Å². The molecule has 0 saturated carbocycles. The highest BCUT2D eigenvalue weighted by atomic mass is 19.4.